The van der Waals surface area contributed by atoms with Crippen molar-refractivity contribution < 1.29 is 13.2 Å². The summed E-state index contributed by atoms with van der Waals surface area (Å²) in [6, 6.07) is 0.261. The van der Waals surface area contributed by atoms with Crippen molar-refractivity contribution in [3.63, 3.8) is 0 Å². The van der Waals surface area contributed by atoms with E-state index in [4.69, 9.17) is 5.73 Å². The molecule has 1 aliphatic heterocycles. The van der Waals surface area contributed by atoms with E-state index in [1.54, 1.807) is 6.92 Å². The van der Waals surface area contributed by atoms with Crippen molar-refractivity contribution in [1.82, 2.24) is 5.32 Å². The SMILES string of the molecule is C=C(CC(F)(F)F)SC(N)=C(C)C(C)=NC1CCNCC1. The predicted octanol–water partition coefficient (Wildman–Crippen LogP) is 3.59. The van der Waals surface area contributed by atoms with Crippen molar-refractivity contribution in [2.45, 2.75) is 45.3 Å². The molecule has 120 valence electrons. The van der Waals surface area contributed by atoms with Crippen LogP contribution in [0.3, 0.4) is 0 Å². The van der Waals surface area contributed by atoms with E-state index < -0.39 is 12.6 Å². The summed E-state index contributed by atoms with van der Waals surface area (Å²) >= 11 is 0.875. The van der Waals surface area contributed by atoms with Gasteiger partial charge in [0.2, 0.25) is 0 Å². The molecule has 21 heavy (non-hydrogen) atoms. The average Bonchev–Trinajstić information content (AvgIpc) is 2.36. The lowest BCUT2D eigenvalue weighted by molar-refractivity contribution is -0.125. The zero-order valence-corrected chi connectivity index (χ0v) is 13.2. The summed E-state index contributed by atoms with van der Waals surface area (Å²) in [5.74, 6) is 0. The molecule has 3 N–H and O–H groups in total. The highest BCUT2D eigenvalue weighted by molar-refractivity contribution is 8.06. The van der Waals surface area contributed by atoms with E-state index in [1.165, 1.54) is 0 Å². The van der Waals surface area contributed by atoms with E-state index in [0.717, 1.165) is 49.0 Å². The second-order valence-corrected chi connectivity index (χ2v) is 6.34. The van der Waals surface area contributed by atoms with Crippen LogP contribution in [0.25, 0.3) is 0 Å². The van der Waals surface area contributed by atoms with Gasteiger partial charge >= 0.3 is 6.18 Å². The highest BCUT2D eigenvalue weighted by atomic mass is 32.2. The number of halogens is 3. The van der Waals surface area contributed by atoms with Crippen molar-refractivity contribution in [3.05, 3.63) is 22.1 Å². The first-order valence-electron chi connectivity index (χ1n) is 6.83. The van der Waals surface area contributed by atoms with Gasteiger partial charge in [-0.05, 0) is 50.3 Å². The standard InChI is InChI=1S/C14H22F3N3S/c1-9(8-14(15,16)17)21-13(18)10(2)11(3)20-12-4-6-19-7-5-12/h12,19H,1,4-8,18H2,2-3H3. The Balaban J connectivity index is 2.66. The molecule has 0 aromatic carbocycles. The van der Waals surface area contributed by atoms with Crippen molar-refractivity contribution >= 4 is 17.5 Å². The summed E-state index contributed by atoms with van der Waals surface area (Å²) in [5, 5.41) is 3.59. The molecule has 1 aliphatic rings. The molecule has 1 fully saturated rings. The molecule has 1 heterocycles. The summed E-state index contributed by atoms with van der Waals surface area (Å²) in [4.78, 5) is 4.61. The van der Waals surface area contributed by atoms with Crippen LogP contribution in [0.15, 0.2) is 27.1 Å². The van der Waals surface area contributed by atoms with Gasteiger partial charge in [-0.1, -0.05) is 18.3 Å². The Morgan fingerprint density at radius 2 is 1.90 bits per heavy atom. The van der Waals surface area contributed by atoms with Gasteiger partial charge in [-0.15, -0.1) is 0 Å². The lowest BCUT2D eigenvalue weighted by Crippen LogP contribution is -2.30. The molecule has 0 aromatic rings. The number of alkyl halides is 3. The van der Waals surface area contributed by atoms with Crippen molar-refractivity contribution in [3.8, 4) is 0 Å². The monoisotopic (exact) mass is 321 g/mol. The fourth-order valence-corrected chi connectivity index (χ4v) is 2.82. The summed E-state index contributed by atoms with van der Waals surface area (Å²) in [6.07, 6.45) is -3.34. The maximum Gasteiger partial charge on any atom is 0.393 e. The van der Waals surface area contributed by atoms with Crippen LogP contribution in [0.5, 0.6) is 0 Å². The molecular formula is C14H22F3N3S. The first-order valence-corrected chi connectivity index (χ1v) is 7.65. The van der Waals surface area contributed by atoms with Crippen molar-refractivity contribution in [1.29, 1.82) is 0 Å². The molecule has 0 atom stereocenters. The van der Waals surface area contributed by atoms with E-state index in [0.29, 0.717) is 5.03 Å². The van der Waals surface area contributed by atoms with Crippen molar-refractivity contribution in [2.75, 3.05) is 13.1 Å². The molecule has 0 spiro atoms. The Labute approximate surface area is 128 Å². The first-order chi connectivity index (χ1) is 9.69. The van der Waals surface area contributed by atoms with Crippen LogP contribution in [0, 0.1) is 0 Å². The maximum atomic E-state index is 12.3. The molecule has 7 heteroatoms. The quantitative estimate of drug-likeness (QED) is 0.761. The van der Waals surface area contributed by atoms with Crippen molar-refractivity contribution in [2.24, 2.45) is 10.7 Å². The van der Waals surface area contributed by atoms with Crippen LogP contribution in [-0.4, -0.2) is 31.0 Å². The second-order valence-electron chi connectivity index (χ2n) is 5.12. The van der Waals surface area contributed by atoms with E-state index in [2.05, 4.69) is 16.9 Å². The molecule has 0 aromatic heterocycles. The van der Waals surface area contributed by atoms with Gasteiger partial charge in [0.15, 0.2) is 0 Å². The number of thioether (sulfide) groups is 1. The van der Waals surface area contributed by atoms with Crippen LogP contribution in [0.1, 0.15) is 33.1 Å². The zero-order valence-electron chi connectivity index (χ0n) is 12.4. The largest absolute Gasteiger partial charge is 0.393 e. The van der Waals surface area contributed by atoms with Gasteiger partial charge in [0, 0.05) is 5.71 Å². The predicted molar refractivity (Wildman–Crippen MR) is 83.3 cm³/mol. The number of hydrogen-bond acceptors (Lipinski definition) is 4. The third-order valence-electron chi connectivity index (χ3n) is 3.25. The lowest BCUT2D eigenvalue weighted by atomic mass is 10.1. The Morgan fingerprint density at radius 1 is 1.33 bits per heavy atom. The number of hydrogen-bond donors (Lipinski definition) is 2. The Kier molecular flexibility index (Phi) is 6.80. The Hall–Kier alpha value is -0.950. The van der Waals surface area contributed by atoms with Gasteiger partial charge in [0.1, 0.15) is 0 Å². The first kappa shape index (κ1) is 18.1. The molecule has 0 unspecified atom stereocenters. The smallest absolute Gasteiger partial charge is 0.393 e. The molecule has 0 bridgehead atoms. The number of nitrogens with one attached hydrogen (secondary N) is 1. The molecule has 0 amide bonds. The highest BCUT2D eigenvalue weighted by Gasteiger charge is 2.28. The zero-order chi connectivity index (χ0) is 16.0. The average molecular weight is 321 g/mol. The minimum Gasteiger partial charge on any atom is -0.393 e. The maximum absolute atomic E-state index is 12.3. The highest BCUT2D eigenvalue weighted by Crippen LogP contribution is 2.33. The normalized spacial score (nSPS) is 19.4. The van der Waals surface area contributed by atoms with E-state index >= 15 is 0 Å². The van der Waals surface area contributed by atoms with Crippen LogP contribution >= 0.6 is 11.8 Å². The van der Waals surface area contributed by atoms with Gasteiger partial charge in [0.05, 0.1) is 17.5 Å². The third kappa shape index (κ3) is 7.04. The Morgan fingerprint density at radius 3 is 2.43 bits per heavy atom. The summed E-state index contributed by atoms with van der Waals surface area (Å²) in [7, 11) is 0. The van der Waals surface area contributed by atoms with E-state index in [9.17, 15) is 13.2 Å². The van der Waals surface area contributed by atoms with E-state index in [1.807, 2.05) is 6.92 Å². The van der Waals surface area contributed by atoms with E-state index in [-0.39, 0.29) is 10.9 Å². The van der Waals surface area contributed by atoms with Gasteiger partial charge in [-0.3, -0.25) is 4.99 Å². The van der Waals surface area contributed by atoms with Gasteiger partial charge in [-0.2, -0.15) is 13.2 Å². The van der Waals surface area contributed by atoms with Crippen LogP contribution in [0.4, 0.5) is 13.2 Å². The van der Waals surface area contributed by atoms with Crippen LogP contribution in [0.2, 0.25) is 0 Å². The second kappa shape index (κ2) is 7.89. The molecule has 0 saturated carbocycles. The van der Waals surface area contributed by atoms with Crippen LogP contribution < -0.4 is 11.1 Å². The molecule has 1 rings (SSSR count). The van der Waals surface area contributed by atoms with Gasteiger partial charge in [-0.25, -0.2) is 0 Å². The topological polar surface area (TPSA) is 50.4 Å². The number of aliphatic imine (C=N–C) groups is 1. The molecule has 3 nitrogen and oxygen atoms in total. The fraction of sp³-hybridized carbons (Fsp3) is 0.643. The number of allylic oxidation sites excluding steroid dienone is 2. The number of nitrogens with zero attached hydrogens (tertiary/aromatic N) is 1. The minimum atomic E-state index is -4.25. The number of rotatable bonds is 5. The Bertz CT molecular complexity index is 435. The number of nitrogens with two attached hydrogens (primary N) is 1. The van der Waals surface area contributed by atoms with Gasteiger partial charge in [0.25, 0.3) is 0 Å². The fourth-order valence-electron chi connectivity index (χ4n) is 1.98. The van der Waals surface area contributed by atoms with Gasteiger partial charge < -0.3 is 11.1 Å². The third-order valence-corrected chi connectivity index (χ3v) is 4.21. The lowest BCUT2D eigenvalue weighted by Gasteiger charge is -2.20. The summed E-state index contributed by atoms with van der Waals surface area (Å²) < 4.78 is 36.8. The summed E-state index contributed by atoms with van der Waals surface area (Å²) in [6.45, 7) is 8.93. The molecule has 1 saturated heterocycles. The summed E-state index contributed by atoms with van der Waals surface area (Å²) in [5.41, 5.74) is 7.37. The molecule has 0 radical (unpaired) electrons. The number of piperidine rings is 1. The molecule has 0 aliphatic carbocycles. The minimum absolute atomic E-state index is 0.00554. The van der Waals surface area contributed by atoms with Crippen LogP contribution in [-0.2, 0) is 0 Å². The molecular weight excluding hydrogens is 299 g/mol.